The standard InChI is InChI=1S/C24H21ClN2O5S/c1-4-32-23(30)20-13(2)26-24-27(21(20)14-5-8-17(31-3)9-6-14)22(29)19(33-24)12-15-11-16(25)7-10-18(15)28/h5-12,21,28H,4H2,1-3H3/b19-12-/t21-/m0/s1. The zero-order chi connectivity index (χ0) is 23.7. The fourth-order valence-electron chi connectivity index (χ4n) is 3.68. The molecule has 0 fully saturated rings. The summed E-state index contributed by atoms with van der Waals surface area (Å²) in [7, 11) is 1.57. The fraction of sp³-hybridized carbons (Fsp3) is 0.208. The largest absolute Gasteiger partial charge is 0.507 e. The number of halogens is 1. The van der Waals surface area contributed by atoms with Crippen LogP contribution in [0.2, 0.25) is 5.02 Å². The number of hydrogen-bond acceptors (Lipinski definition) is 7. The highest BCUT2D eigenvalue weighted by Crippen LogP contribution is 2.31. The first kappa shape index (κ1) is 22.8. The molecule has 0 aliphatic carbocycles. The number of fused-ring (bicyclic) bond motifs is 1. The first-order valence-electron chi connectivity index (χ1n) is 10.2. The second-order valence-corrected chi connectivity index (χ2v) is 8.72. The Labute approximate surface area is 198 Å². The molecule has 2 aromatic carbocycles. The second kappa shape index (κ2) is 9.25. The topological polar surface area (TPSA) is 90.1 Å². The van der Waals surface area contributed by atoms with E-state index in [1.54, 1.807) is 63.4 Å². The Hall–Kier alpha value is -3.36. The van der Waals surface area contributed by atoms with Gasteiger partial charge in [-0.05, 0) is 55.8 Å². The molecule has 1 aromatic heterocycles. The molecule has 0 saturated carbocycles. The van der Waals surface area contributed by atoms with Crippen LogP contribution < -0.4 is 19.6 Å². The summed E-state index contributed by atoms with van der Waals surface area (Å²) in [6.07, 6.45) is 1.57. The van der Waals surface area contributed by atoms with E-state index in [2.05, 4.69) is 4.99 Å². The summed E-state index contributed by atoms with van der Waals surface area (Å²) < 4.78 is 12.4. The quantitative estimate of drug-likeness (QED) is 0.562. The molecule has 4 rings (SSSR count). The Kier molecular flexibility index (Phi) is 6.40. The molecule has 0 unspecified atom stereocenters. The van der Waals surface area contributed by atoms with E-state index in [1.165, 1.54) is 22.0 Å². The molecule has 7 nitrogen and oxygen atoms in total. The minimum Gasteiger partial charge on any atom is -0.507 e. The van der Waals surface area contributed by atoms with Crippen molar-refractivity contribution >= 4 is 35.0 Å². The van der Waals surface area contributed by atoms with Crippen molar-refractivity contribution in [2.75, 3.05) is 13.7 Å². The van der Waals surface area contributed by atoms with Crippen LogP contribution in [0, 0.1) is 0 Å². The summed E-state index contributed by atoms with van der Waals surface area (Å²) in [5.41, 5.74) is 1.56. The maximum absolute atomic E-state index is 13.5. The molecule has 9 heteroatoms. The first-order valence-corrected chi connectivity index (χ1v) is 11.4. The fourth-order valence-corrected chi connectivity index (χ4v) is 4.89. The molecule has 0 amide bonds. The van der Waals surface area contributed by atoms with E-state index >= 15 is 0 Å². The number of carbonyl (C=O) groups excluding carboxylic acids is 1. The Morgan fingerprint density at radius 3 is 2.67 bits per heavy atom. The number of hydrogen-bond donors (Lipinski definition) is 1. The number of methoxy groups -OCH3 is 1. The maximum atomic E-state index is 13.5. The third kappa shape index (κ3) is 4.31. The molecule has 2 heterocycles. The average molecular weight is 485 g/mol. The van der Waals surface area contributed by atoms with Gasteiger partial charge in [-0.3, -0.25) is 9.36 Å². The van der Waals surface area contributed by atoms with Gasteiger partial charge < -0.3 is 14.6 Å². The molecular weight excluding hydrogens is 464 g/mol. The van der Waals surface area contributed by atoms with Crippen molar-refractivity contribution in [3.63, 3.8) is 0 Å². The van der Waals surface area contributed by atoms with Gasteiger partial charge in [-0.1, -0.05) is 35.1 Å². The van der Waals surface area contributed by atoms with E-state index in [1.807, 2.05) is 0 Å². The Bertz CT molecular complexity index is 1440. The van der Waals surface area contributed by atoms with Crippen LogP contribution in [-0.2, 0) is 9.53 Å². The Balaban J connectivity index is 1.96. The number of benzene rings is 2. The number of rotatable bonds is 5. The molecule has 1 aliphatic heterocycles. The van der Waals surface area contributed by atoms with Gasteiger partial charge in [0.15, 0.2) is 4.80 Å². The predicted octanol–water partition coefficient (Wildman–Crippen LogP) is 3.17. The van der Waals surface area contributed by atoms with Crippen molar-refractivity contribution in [2.24, 2.45) is 4.99 Å². The van der Waals surface area contributed by atoms with Crippen molar-refractivity contribution < 1.29 is 19.4 Å². The minimum atomic E-state index is -0.721. The monoisotopic (exact) mass is 484 g/mol. The van der Waals surface area contributed by atoms with Crippen LogP contribution in [-0.4, -0.2) is 29.4 Å². The van der Waals surface area contributed by atoms with E-state index in [-0.39, 0.29) is 17.9 Å². The summed E-state index contributed by atoms with van der Waals surface area (Å²) in [6, 6.07) is 11.0. The van der Waals surface area contributed by atoms with Crippen LogP contribution in [0.3, 0.4) is 0 Å². The second-order valence-electron chi connectivity index (χ2n) is 7.28. The van der Waals surface area contributed by atoms with Crippen molar-refractivity contribution in [1.82, 2.24) is 4.57 Å². The molecule has 33 heavy (non-hydrogen) atoms. The number of aromatic hydroxyl groups is 1. The van der Waals surface area contributed by atoms with Crippen molar-refractivity contribution in [3.8, 4) is 11.5 Å². The number of esters is 1. The van der Waals surface area contributed by atoms with Crippen molar-refractivity contribution in [2.45, 2.75) is 19.9 Å². The number of carbonyl (C=O) groups is 1. The van der Waals surface area contributed by atoms with Gasteiger partial charge in [0.05, 0.1) is 35.6 Å². The lowest BCUT2D eigenvalue weighted by atomic mass is 9.96. The highest BCUT2D eigenvalue weighted by Gasteiger charge is 2.33. The maximum Gasteiger partial charge on any atom is 0.338 e. The lowest BCUT2D eigenvalue weighted by Gasteiger charge is -2.24. The van der Waals surface area contributed by atoms with Gasteiger partial charge in [-0.15, -0.1) is 0 Å². The number of aromatic nitrogens is 1. The van der Waals surface area contributed by atoms with Crippen molar-refractivity contribution in [1.29, 1.82) is 0 Å². The Morgan fingerprint density at radius 2 is 2.00 bits per heavy atom. The molecule has 0 saturated heterocycles. The van der Waals surface area contributed by atoms with Gasteiger partial charge in [0, 0.05) is 10.6 Å². The molecule has 1 aliphatic rings. The molecular formula is C24H21ClN2O5S. The van der Waals surface area contributed by atoms with Crippen LogP contribution >= 0.6 is 22.9 Å². The van der Waals surface area contributed by atoms with Gasteiger partial charge >= 0.3 is 5.97 Å². The molecule has 1 N–H and O–H groups in total. The van der Waals surface area contributed by atoms with Gasteiger partial charge in [0.25, 0.3) is 5.56 Å². The first-order chi connectivity index (χ1) is 15.8. The van der Waals surface area contributed by atoms with Gasteiger partial charge in [-0.2, -0.15) is 0 Å². The summed E-state index contributed by atoms with van der Waals surface area (Å²) in [4.78, 5) is 31.4. The minimum absolute atomic E-state index is 0.000309. The normalized spacial score (nSPS) is 15.8. The zero-order valence-corrected chi connectivity index (χ0v) is 19.7. The van der Waals surface area contributed by atoms with Crippen LogP contribution in [0.15, 0.2) is 63.5 Å². The number of phenolic OH excluding ortho intramolecular Hbond substituents is 1. The highest BCUT2D eigenvalue weighted by atomic mass is 35.5. The lowest BCUT2D eigenvalue weighted by molar-refractivity contribution is -0.139. The average Bonchev–Trinajstić information content (AvgIpc) is 3.10. The van der Waals surface area contributed by atoms with E-state index in [4.69, 9.17) is 21.1 Å². The zero-order valence-electron chi connectivity index (χ0n) is 18.2. The van der Waals surface area contributed by atoms with Gasteiger partial charge in [0.1, 0.15) is 11.5 Å². The van der Waals surface area contributed by atoms with Crippen LogP contribution in [0.4, 0.5) is 0 Å². The molecule has 3 aromatic rings. The summed E-state index contributed by atoms with van der Waals surface area (Å²) in [6.45, 7) is 3.65. The number of thiazole rings is 1. The van der Waals surface area contributed by atoms with Crippen LogP contribution in [0.25, 0.3) is 6.08 Å². The molecule has 0 radical (unpaired) electrons. The van der Waals surface area contributed by atoms with Crippen molar-refractivity contribution in [3.05, 3.63) is 89.6 Å². The number of ether oxygens (including phenoxy) is 2. The van der Waals surface area contributed by atoms with Crippen LogP contribution in [0.1, 0.15) is 31.0 Å². The van der Waals surface area contributed by atoms with E-state index < -0.39 is 12.0 Å². The number of phenols is 1. The molecule has 170 valence electrons. The summed E-state index contributed by atoms with van der Waals surface area (Å²) >= 11 is 7.23. The SMILES string of the molecule is CCOC(=O)C1=C(C)N=c2s/c(=C\c3cc(Cl)ccc3O)c(=O)n2[C@H]1c1ccc(OC)cc1. The summed E-state index contributed by atoms with van der Waals surface area (Å²) in [5.74, 6) is 0.127. The highest BCUT2D eigenvalue weighted by molar-refractivity contribution is 7.07. The van der Waals surface area contributed by atoms with Crippen LogP contribution in [0.5, 0.6) is 11.5 Å². The third-order valence-electron chi connectivity index (χ3n) is 5.22. The predicted molar refractivity (Wildman–Crippen MR) is 127 cm³/mol. The molecule has 1 atom stereocenters. The van der Waals surface area contributed by atoms with Gasteiger partial charge in [0.2, 0.25) is 0 Å². The number of allylic oxidation sites excluding steroid dienone is 1. The van der Waals surface area contributed by atoms with E-state index in [0.29, 0.717) is 42.5 Å². The smallest absolute Gasteiger partial charge is 0.338 e. The number of nitrogens with zero attached hydrogens (tertiary/aromatic N) is 2. The lowest BCUT2D eigenvalue weighted by Crippen LogP contribution is -2.39. The summed E-state index contributed by atoms with van der Waals surface area (Å²) in [5, 5.41) is 10.6. The third-order valence-corrected chi connectivity index (χ3v) is 6.44. The van der Waals surface area contributed by atoms with Gasteiger partial charge in [-0.25, -0.2) is 9.79 Å². The molecule has 0 bridgehead atoms. The Morgan fingerprint density at radius 1 is 1.27 bits per heavy atom. The van der Waals surface area contributed by atoms with E-state index in [9.17, 15) is 14.7 Å². The van der Waals surface area contributed by atoms with E-state index in [0.717, 1.165) is 0 Å². The molecule has 0 spiro atoms.